The molecule has 0 saturated heterocycles. The van der Waals surface area contributed by atoms with Gasteiger partial charge in [-0.25, -0.2) is 0 Å². The third kappa shape index (κ3) is 3.50. The molecule has 1 unspecified atom stereocenters. The molecule has 0 spiro atoms. The van der Waals surface area contributed by atoms with Crippen LogP contribution >= 0.6 is 24.0 Å². The minimum absolute atomic E-state index is 0. The fourth-order valence-corrected chi connectivity index (χ4v) is 1.65. The first kappa shape index (κ1) is 15.6. The lowest BCUT2D eigenvalue weighted by Crippen LogP contribution is -2.32. The molecule has 19 heavy (non-hydrogen) atoms. The molecular formula is C11H13Cl2N3O3. The van der Waals surface area contributed by atoms with Gasteiger partial charge in [-0.15, -0.1) is 12.4 Å². The van der Waals surface area contributed by atoms with Gasteiger partial charge in [0.2, 0.25) is 5.91 Å². The molecule has 6 nitrogen and oxygen atoms in total. The summed E-state index contributed by atoms with van der Waals surface area (Å²) in [6, 6.07) is 2.43. The van der Waals surface area contributed by atoms with Gasteiger partial charge < -0.3 is 21.1 Å². The summed E-state index contributed by atoms with van der Waals surface area (Å²) in [4.78, 5) is 22.6. The molecular weight excluding hydrogens is 293 g/mol. The first-order chi connectivity index (χ1) is 8.47. The molecule has 1 aliphatic heterocycles. The van der Waals surface area contributed by atoms with Crippen LogP contribution < -0.4 is 21.1 Å². The monoisotopic (exact) mass is 305 g/mol. The van der Waals surface area contributed by atoms with Crippen LogP contribution in [0.4, 0.5) is 11.4 Å². The summed E-state index contributed by atoms with van der Waals surface area (Å²) >= 11 is 6.00. The first-order valence-corrected chi connectivity index (χ1v) is 5.68. The fraction of sp³-hybridized carbons (Fsp3) is 0.273. The predicted molar refractivity (Wildman–Crippen MR) is 75.1 cm³/mol. The van der Waals surface area contributed by atoms with Crippen molar-refractivity contribution in [2.45, 2.75) is 13.0 Å². The molecule has 1 heterocycles. The van der Waals surface area contributed by atoms with E-state index in [0.717, 1.165) is 0 Å². The summed E-state index contributed by atoms with van der Waals surface area (Å²) in [6.07, 6.45) is 0. The summed E-state index contributed by atoms with van der Waals surface area (Å²) in [5.41, 5.74) is 6.33. The number of anilines is 2. The van der Waals surface area contributed by atoms with Crippen molar-refractivity contribution in [1.82, 2.24) is 0 Å². The van der Waals surface area contributed by atoms with E-state index in [1.807, 2.05) is 0 Å². The number of ether oxygens (including phenoxy) is 1. The number of nitrogens with one attached hydrogen (secondary N) is 2. The quantitative estimate of drug-likeness (QED) is 0.769. The number of carbonyl (C=O) groups is 2. The van der Waals surface area contributed by atoms with Crippen molar-refractivity contribution in [2.24, 2.45) is 5.73 Å². The molecule has 0 saturated carbocycles. The van der Waals surface area contributed by atoms with Gasteiger partial charge in [0.05, 0.1) is 22.4 Å². The van der Waals surface area contributed by atoms with Crippen LogP contribution in [0.2, 0.25) is 5.02 Å². The highest BCUT2D eigenvalue weighted by atomic mass is 35.5. The zero-order valence-electron chi connectivity index (χ0n) is 10.0. The molecule has 0 aromatic heterocycles. The molecule has 0 fully saturated rings. The SMILES string of the molecule is CC(N)C(=O)Nc1cc2c(cc1Cl)NC(=O)CO2.Cl. The number of hydrogen-bond acceptors (Lipinski definition) is 4. The van der Waals surface area contributed by atoms with Crippen LogP contribution in [-0.2, 0) is 9.59 Å². The standard InChI is InChI=1S/C11H12ClN3O3.ClH/c1-5(13)11(17)15-7-3-9-8(2-6(7)12)14-10(16)4-18-9;/h2-3,5H,4,13H2,1H3,(H,14,16)(H,15,17);1H. The molecule has 2 amide bonds. The topological polar surface area (TPSA) is 93.5 Å². The largest absolute Gasteiger partial charge is 0.482 e. The minimum Gasteiger partial charge on any atom is -0.482 e. The Bertz CT molecular complexity index is 520. The molecule has 0 bridgehead atoms. The lowest BCUT2D eigenvalue weighted by molar-refractivity contribution is -0.119. The smallest absolute Gasteiger partial charge is 0.262 e. The van der Waals surface area contributed by atoms with Gasteiger partial charge in [0.15, 0.2) is 6.61 Å². The second-order valence-electron chi connectivity index (χ2n) is 3.94. The van der Waals surface area contributed by atoms with Gasteiger partial charge in [-0.2, -0.15) is 0 Å². The van der Waals surface area contributed by atoms with E-state index in [-0.39, 0.29) is 30.8 Å². The maximum atomic E-state index is 11.5. The summed E-state index contributed by atoms with van der Waals surface area (Å²) < 4.78 is 5.22. The first-order valence-electron chi connectivity index (χ1n) is 5.30. The highest BCUT2D eigenvalue weighted by Gasteiger charge is 2.19. The van der Waals surface area contributed by atoms with Crippen LogP contribution in [0.3, 0.4) is 0 Å². The number of rotatable bonds is 2. The van der Waals surface area contributed by atoms with Crippen molar-refractivity contribution in [3.8, 4) is 5.75 Å². The third-order valence-corrected chi connectivity index (χ3v) is 2.69. The van der Waals surface area contributed by atoms with Crippen molar-refractivity contribution in [1.29, 1.82) is 0 Å². The maximum Gasteiger partial charge on any atom is 0.262 e. The van der Waals surface area contributed by atoms with E-state index in [4.69, 9.17) is 22.1 Å². The Hall–Kier alpha value is -1.50. The summed E-state index contributed by atoms with van der Waals surface area (Å²) in [5.74, 6) is -0.137. The second kappa shape index (κ2) is 6.10. The Labute approximate surface area is 121 Å². The number of amides is 2. The molecule has 2 rings (SSSR count). The highest BCUT2D eigenvalue weighted by Crippen LogP contribution is 2.36. The van der Waals surface area contributed by atoms with Gasteiger partial charge >= 0.3 is 0 Å². The zero-order chi connectivity index (χ0) is 13.3. The van der Waals surface area contributed by atoms with E-state index in [0.29, 0.717) is 22.1 Å². The molecule has 1 aromatic rings. The van der Waals surface area contributed by atoms with E-state index >= 15 is 0 Å². The van der Waals surface area contributed by atoms with Crippen molar-refractivity contribution in [3.05, 3.63) is 17.2 Å². The molecule has 1 atom stereocenters. The molecule has 0 radical (unpaired) electrons. The summed E-state index contributed by atoms with van der Waals surface area (Å²) in [7, 11) is 0. The van der Waals surface area contributed by atoms with Gasteiger partial charge in [-0.1, -0.05) is 11.6 Å². The zero-order valence-corrected chi connectivity index (χ0v) is 11.6. The molecule has 4 N–H and O–H groups in total. The average molecular weight is 306 g/mol. The van der Waals surface area contributed by atoms with E-state index in [2.05, 4.69) is 10.6 Å². The van der Waals surface area contributed by atoms with E-state index in [1.165, 1.54) is 6.07 Å². The predicted octanol–water partition coefficient (Wildman–Crippen LogP) is 1.38. The van der Waals surface area contributed by atoms with Crippen molar-refractivity contribution in [2.75, 3.05) is 17.2 Å². The van der Waals surface area contributed by atoms with Gasteiger partial charge in [-0.05, 0) is 13.0 Å². The normalized spacial score (nSPS) is 14.4. The van der Waals surface area contributed by atoms with Crippen molar-refractivity contribution < 1.29 is 14.3 Å². The summed E-state index contributed by atoms with van der Waals surface area (Å²) in [6.45, 7) is 1.51. The number of hydrogen-bond donors (Lipinski definition) is 3. The average Bonchev–Trinajstić information content (AvgIpc) is 2.30. The number of halogens is 2. The Kier molecular flexibility index (Phi) is 4.99. The number of benzene rings is 1. The summed E-state index contributed by atoms with van der Waals surface area (Å²) in [5, 5.41) is 5.50. The second-order valence-corrected chi connectivity index (χ2v) is 4.35. The molecule has 104 valence electrons. The highest BCUT2D eigenvalue weighted by molar-refractivity contribution is 6.34. The lowest BCUT2D eigenvalue weighted by atomic mass is 10.2. The van der Waals surface area contributed by atoms with Gasteiger partial charge in [0, 0.05) is 6.07 Å². The van der Waals surface area contributed by atoms with Crippen LogP contribution in [0.5, 0.6) is 5.75 Å². The van der Waals surface area contributed by atoms with Crippen LogP contribution in [0.25, 0.3) is 0 Å². The molecule has 1 aliphatic rings. The van der Waals surface area contributed by atoms with Gasteiger partial charge in [0.1, 0.15) is 5.75 Å². The Morgan fingerprint density at radius 2 is 2.26 bits per heavy atom. The lowest BCUT2D eigenvalue weighted by Gasteiger charge is -2.20. The molecule has 1 aromatic carbocycles. The van der Waals surface area contributed by atoms with Crippen LogP contribution in [0, 0.1) is 0 Å². The Balaban J connectivity index is 0.00000180. The number of carbonyl (C=O) groups excluding carboxylic acids is 2. The third-order valence-electron chi connectivity index (χ3n) is 2.37. The van der Waals surface area contributed by atoms with Crippen molar-refractivity contribution >= 4 is 47.2 Å². The fourth-order valence-electron chi connectivity index (χ4n) is 1.44. The Morgan fingerprint density at radius 1 is 1.58 bits per heavy atom. The van der Waals surface area contributed by atoms with Gasteiger partial charge in [-0.3, -0.25) is 9.59 Å². The van der Waals surface area contributed by atoms with Crippen molar-refractivity contribution in [3.63, 3.8) is 0 Å². The maximum absolute atomic E-state index is 11.5. The van der Waals surface area contributed by atoms with E-state index in [1.54, 1.807) is 13.0 Å². The van der Waals surface area contributed by atoms with E-state index < -0.39 is 6.04 Å². The number of fused-ring (bicyclic) bond motifs is 1. The van der Waals surface area contributed by atoms with Crippen LogP contribution in [0.15, 0.2) is 12.1 Å². The van der Waals surface area contributed by atoms with Crippen LogP contribution in [0.1, 0.15) is 6.92 Å². The van der Waals surface area contributed by atoms with Crippen LogP contribution in [-0.4, -0.2) is 24.5 Å². The minimum atomic E-state index is -0.641. The Morgan fingerprint density at radius 3 is 2.89 bits per heavy atom. The number of nitrogens with two attached hydrogens (primary N) is 1. The molecule has 0 aliphatic carbocycles. The molecule has 8 heteroatoms. The van der Waals surface area contributed by atoms with Gasteiger partial charge in [0.25, 0.3) is 5.91 Å². The van der Waals surface area contributed by atoms with E-state index in [9.17, 15) is 9.59 Å².